The SMILES string of the molecule is CC[C@H](C)[C@@H]1NC(=O)CNC(=O)[C@H]2Cc3c([nH]c4ccccc34)S(=O)C[C@H](NC(=O)CNC1=O)C(=O)N[C@@H](CC(=O)NCc1ccc(NC(=O)[C@H](C)NC(=O)C(NC(=O)CCN3C(=O)CC(SC)C3=O)C(C)C)cc1)C(=O)N1C[C@H](O)C[C@H]1C(=O)N[C@@H]([C@@H](C)[C@@H](O)CO)C(=O)N2. The summed E-state index contributed by atoms with van der Waals surface area (Å²) in [4.78, 5) is 199. The van der Waals surface area contributed by atoms with Crippen LogP contribution >= 0.6 is 11.8 Å². The highest BCUT2D eigenvalue weighted by molar-refractivity contribution is 8.00. The number of rotatable bonds is 19. The second kappa shape index (κ2) is 33.7. The minimum Gasteiger partial charge on any atom is -0.394 e. The van der Waals surface area contributed by atoms with Crippen LogP contribution in [0.25, 0.3) is 10.9 Å². The number of likely N-dealkylation sites (tertiary alicyclic amines) is 1. The molecule has 0 aliphatic carbocycles. The smallest absolute Gasteiger partial charge is 0.246 e. The molecule has 0 saturated carbocycles. The number of carbonyl (C=O) groups is 14. The molecule has 0 spiro atoms. The van der Waals surface area contributed by atoms with Gasteiger partial charge in [0.25, 0.3) is 0 Å². The fourth-order valence-electron chi connectivity index (χ4n) is 11.3. The fraction of sp³-hybridized carbons (Fsp3) is 0.548. The molecule has 3 aromatic rings. The Kier molecular flexibility index (Phi) is 26.2. The highest BCUT2D eigenvalue weighted by atomic mass is 32.2. The highest BCUT2D eigenvalue weighted by Crippen LogP contribution is 2.29. The summed E-state index contributed by atoms with van der Waals surface area (Å²) in [6.45, 7) is 6.01. The van der Waals surface area contributed by atoms with Crippen molar-refractivity contribution < 1.29 is 86.7 Å². The molecule has 0 radical (unpaired) electrons. The Hall–Kier alpha value is -8.86. The zero-order valence-electron chi connectivity index (χ0n) is 54.1. The molecule has 2 aromatic carbocycles. The van der Waals surface area contributed by atoms with Crippen LogP contribution in [0.5, 0.6) is 0 Å². The molecule has 522 valence electrons. The topological polar surface area (TPSA) is 471 Å². The number of thioether (sulfide) groups is 1. The summed E-state index contributed by atoms with van der Waals surface area (Å²) >= 11 is 1.24. The average Bonchev–Trinajstić information content (AvgIpc) is 1.64. The van der Waals surface area contributed by atoms with Crippen molar-refractivity contribution in [2.45, 2.75) is 157 Å². The molecule has 5 heterocycles. The number of para-hydroxylation sites is 1. The molecule has 2 saturated heterocycles. The van der Waals surface area contributed by atoms with Crippen molar-refractivity contribution in [1.29, 1.82) is 0 Å². The minimum atomic E-state index is -2.39. The van der Waals surface area contributed by atoms with E-state index in [1.54, 1.807) is 58.2 Å². The Morgan fingerprint density at radius 1 is 0.740 bits per heavy atom. The number of nitrogens with zero attached hydrogens (tertiary/aromatic N) is 2. The average molecular weight is 1380 g/mol. The highest BCUT2D eigenvalue weighted by Gasteiger charge is 2.46. The van der Waals surface area contributed by atoms with E-state index in [2.05, 4.69) is 63.5 Å². The summed E-state index contributed by atoms with van der Waals surface area (Å²) in [6.07, 6.45) is -3.12. The lowest BCUT2D eigenvalue weighted by atomic mass is 9.93. The van der Waals surface area contributed by atoms with Crippen LogP contribution in [-0.2, 0) is 90.9 Å². The molecule has 2 fully saturated rings. The van der Waals surface area contributed by atoms with Gasteiger partial charge in [0.05, 0.1) is 60.1 Å². The van der Waals surface area contributed by atoms with Gasteiger partial charge in [-0.05, 0) is 54.3 Å². The van der Waals surface area contributed by atoms with E-state index in [1.165, 1.54) is 49.9 Å². The molecule has 15 N–H and O–H groups in total. The van der Waals surface area contributed by atoms with E-state index < -0.39 is 222 Å². The Balaban J connectivity index is 1.14. The van der Waals surface area contributed by atoms with Crippen molar-refractivity contribution in [3.05, 3.63) is 59.7 Å². The van der Waals surface area contributed by atoms with Gasteiger partial charge < -0.3 is 83.7 Å². The quantitative estimate of drug-likeness (QED) is 0.0505. The molecule has 4 aliphatic rings. The number of aliphatic hydroxyl groups excluding tert-OH is 3. The zero-order valence-corrected chi connectivity index (χ0v) is 55.7. The lowest BCUT2D eigenvalue weighted by Crippen LogP contribution is -2.62. The Labute approximate surface area is 559 Å². The van der Waals surface area contributed by atoms with Gasteiger partial charge in [0.1, 0.15) is 53.4 Å². The van der Waals surface area contributed by atoms with Crippen LogP contribution in [0.4, 0.5) is 5.69 Å². The molecule has 14 amide bonds. The molecule has 3 unspecified atom stereocenters. The number of hydrogen-bond acceptors (Lipinski definition) is 19. The van der Waals surface area contributed by atoms with Crippen LogP contribution in [0.1, 0.15) is 84.8 Å². The maximum absolute atomic E-state index is 15.0. The zero-order chi connectivity index (χ0) is 70.4. The summed E-state index contributed by atoms with van der Waals surface area (Å²) < 4.78 is 15.0. The van der Waals surface area contributed by atoms with Crippen molar-refractivity contribution in [2.24, 2.45) is 17.8 Å². The number of imide groups is 1. The number of carbonyl (C=O) groups excluding carboxylic acids is 14. The van der Waals surface area contributed by atoms with Crippen molar-refractivity contribution in [2.75, 3.05) is 50.1 Å². The first kappa shape index (κ1) is 74.5. The van der Waals surface area contributed by atoms with E-state index in [0.717, 1.165) is 9.80 Å². The maximum Gasteiger partial charge on any atom is 0.246 e. The van der Waals surface area contributed by atoms with E-state index in [1.807, 2.05) is 0 Å². The van der Waals surface area contributed by atoms with Crippen molar-refractivity contribution in [1.82, 2.24) is 68.0 Å². The first-order valence-electron chi connectivity index (χ1n) is 31.5. The van der Waals surface area contributed by atoms with Crippen LogP contribution in [0.15, 0.2) is 53.6 Å². The maximum atomic E-state index is 15.0. The summed E-state index contributed by atoms with van der Waals surface area (Å²) in [6, 6.07) is 0.0238. The predicted molar refractivity (Wildman–Crippen MR) is 346 cm³/mol. The normalized spacial score (nSPS) is 25.1. The van der Waals surface area contributed by atoms with Crippen molar-refractivity contribution in [3.8, 4) is 0 Å². The van der Waals surface area contributed by atoms with E-state index in [0.29, 0.717) is 22.9 Å². The predicted octanol–water partition coefficient (Wildman–Crippen LogP) is -4.33. The Morgan fingerprint density at radius 3 is 2.07 bits per heavy atom. The number of aromatic nitrogens is 1. The number of fused-ring (bicyclic) bond motifs is 5. The van der Waals surface area contributed by atoms with Crippen LogP contribution in [0, 0.1) is 17.8 Å². The third kappa shape index (κ3) is 19.0. The van der Waals surface area contributed by atoms with Gasteiger partial charge in [0.15, 0.2) is 0 Å². The van der Waals surface area contributed by atoms with Crippen LogP contribution < -0.4 is 58.5 Å². The van der Waals surface area contributed by atoms with E-state index in [-0.39, 0.29) is 48.1 Å². The molecule has 96 heavy (non-hydrogen) atoms. The van der Waals surface area contributed by atoms with Gasteiger partial charge >= 0.3 is 0 Å². The Bertz CT molecular complexity index is 3500. The Morgan fingerprint density at radius 2 is 1.42 bits per heavy atom. The number of H-pyrrole nitrogens is 1. The number of hydrogen-bond donors (Lipinski definition) is 15. The third-order valence-electron chi connectivity index (χ3n) is 17.2. The second-order valence-electron chi connectivity index (χ2n) is 24.5. The molecule has 34 heteroatoms. The molecule has 14 atom stereocenters. The summed E-state index contributed by atoms with van der Waals surface area (Å²) in [5.41, 5.74) is 1.20. The van der Waals surface area contributed by atoms with E-state index in [4.69, 9.17) is 0 Å². The van der Waals surface area contributed by atoms with Crippen molar-refractivity contribution in [3.63, 3.8) is 0 Å². The summed E-state index contributed by atoms with van der Waals surface area (Å²) in [5, 5.41) is 59.9. The lowest BCUT2D eigenvalue weighted by Gasteiger charge is -2.33. The van der Waals surface area contributed by atoms with Crippen LogP contribution in [0.3, 0.4) is 0 Å². The van der Waals surface area contributed by atoms with Crippen LogP contribution in [-0.4, -0.2) is 228 Å². The van der Waals surface area contributed by atoms with Gasteiger partial charge in [0, 0.05) is 67.8 Å². The second-order valence-corrected chi connectivity index (χ2v) is 27.0. The monoisotopic (exact) mass is 1380 g/mol. The molecular weight excluding hydrogens is 1290 g/mol. The first-order valence-corrected chi connectivity index (χ1v) is 34.1. The van der Waals surface area contributed by atoms with Crippen molar-refractivity contribution >= 4 is 122 Å². The minimum absolute atomic E-state index is 0.0347. The largest absolute Gasteiger partial charge is 0.394 e. The van der Waals surface area contributed by atoms with Crippen LogP contribution in [0.2, 0.25) is 0 Å². The first-order chi connectivity index (χ1) is 45.5. The van der Waals surface area contributed by atoms with Gasteiger partial charge in [-0.1, -0.05) is 71.4 Å². The van der Waals surface area contributed by atoms with Gasteiger partial charge in [-0.25, -0.2) is 0 Å². The van der Waals surface area contributed by atoms with Gasteiger partial charge in [-0.2, -0.15) is 11.8 Å². The summed E-state index contributed by atoms with van der Waals surface area (Å²) in [7, 11) is -2.39. The number of anilines is 1. The van der Waals surface area contributed by atoms with E-state index >= 15 is 4.79 Å². The van der Waals surface area contributed by atoms with E-state index in [9.17, 15) is 81.9 Å². The molecule has 4 aliphatic heterocycles. The summed E-state index contributed by atoms with van der Waals surface area (Å²) in [5.74, 6) is -15.0. The lowest BCUT2D eigenvalue weighted by molar-refractivity contribution is -0.144. The number of aliphatic hydroxyl groups is 3. The number of amides is 14. The van der Waals surface area contributed by atoms with Gasteiger partial charge in [0.2, 0.25) is 82.7 Å². The number of aromatic amines is 1. The van der Waals surface area contributed by atoms with Gasteiger partial charge in [-0.15, -0.1) is 0 Å². The molecule has 7 rings (SSSR count). The molecule has 2 bridgehead atoms. The third-order valence-corrected chi connectivity index (χ3v) is 19.6. The van der Waals surface area contributed by atoms with Gasteiger partial charge in [-0.3, -0.25) is 76.2 Å². The number of benzene rings is 2. The molecule has 32 nitrogen and oxygen atoms in total. The molecule has 1 aromatic heterocycles. The molecular formula is C62H84N14O18S2. The standard InChI is InChI=1S/C62H84N14O18S2/c1-8-30(4)51-57(89)65-24-47(82)68-41-28-96(94)60-37(36-11-9-10-12-38(36)71-60)20-39(54(86)64-25-48(83)73-51)69-59(91)52(31(5)43(79)27-77)74-56(88)42-19-35(78)26-76(42)61(92)40(70-55(41)87)21-46(81)63-23-33-13-15-34(16-14-33)67-53(85)32(6)66-58(90)50(29(2)3)72-45(80)17-18-75-49(84)22-44(95-7)62(75)93/h9-16,29-32,35,39-44,50-52,71,77-79H,8,17-28H2,1-7H3,(H,63,81)(H,64,86)(H,65,89)(H,66,90)(H,67,85)(H,68,82)(H,69,91)(H,70,87)(H,72,80)(H,73,83)(H,74,88)/t30-,31-,32-,35+,39+,40-,41-,42-,43-,44?,50?,51-,52-,96?/m0/s1. The number of nitrogens with one attached hydrogen (secondary N) is 12. The fourth-order valence-corrected chi connectivity index (χ4v) is 13.3.